The molecule has 2 unspecified atom stereocenters. The van der Waals surface area contributed by atoms with Crippen molar-refractivity contribution >= 4 is 17.2 Å². The van der Waals surface area contributed by atoms with Crippen LogP contribution in [0.15, 0.2) is 60.9 Å². The second-order valence-corrected chi connectivity index (χ2v) is 10.00. The van der Waals surface area contributed by atoms with Crippen molar-refractivity contribution in [1.29, 1.82) is 0 Å². The Bertz CT molecular complexity index is 1270. The predicted molar refractivity (Wildman–Crippen MR) is 132 cm³/mol. The molecule has 1 fully saturated rings. The molecule has 3 aromatic rings. The molecule has 184 valence electrons. The van der Waals surface area contributed by atoms with E-state index in [1.165, 1.54) is 23.5 Å². The lowest BCUT2D eigenvalue weighted by Crippen LogP contribution is -2.59. The highest BCUT2D eigenvalue weighted by Gasteiger charge is 2.46. The first kappa shape index (κ1) is 24.9. The fraction of sp³-hybridized carbons (Fsp3) is 0.308. The van der Waals surface area contributed by atoms with Crippen LogP contribution in [-0.4, -0.2) is 33.7 Å². The Morgan fingerprint density at radius 3 is 2.60 bits per heavy atom. The van der Waals surface area contributed by atoms with Gasteiger partial charge in [-0.1, -0.05) is 30.3 Å². The van der Waals surface area contributed by atoms with E-state index in [0.717, 1.165) is 27.1 Å². The van der Waals surface area contributed by atoms with E-state index in [0.29, 0.717) is 17.7 Å². The number of hydrogen-bond acceptors (Lipinski definition) is 4. The van der Waals surface area contributed by atoms with Crippen LogP contribution >= 0.6 is 11.3 Å². The van der Waals surface area contributed by atoms with Gasteiger partial charge in [-0.2, -0.15) is 5.10 Å². The van der Waals surface area contributed by atoms with Crippen molar-refractivity contribution in [3.63, 3.8) is 0 Å². The number of nitrogens with two attached hydrogens (primary N) is 1. The largest absolute Gasteiger partial charge is 0.341 e. The lowest BCUT2D eigenvalue weighted by atomic mass is 9.87. The van der Waals surface area contributed by atoms with Crippen LogP contribution in [0.25, 0.3) is 22.3 Å². The Morgan fingerprint density at radius 1 is 1.17 bits per heavy atom. The normalized spacial score (nSPS) is 19.1. The molecule has 1 aromatic carbocycles. The van der Waals surface area contributed by atoms with E-state index in [2.05, 4.69) is 10.4 Å². The number of nitrogens with one attached hydrogen (secondary N) is 1. The summed E-state index contributed by atoms with van der Waals surface area (Å²) in [5.74, 6) is -3.89. The highest BCUT2D eigenvalue weighted by molar-refractivity contribution is 7.14. The van der Waals surface area contributed by atoms with Crippen LogP contribution in [0.4, 0.5) is 13.2 Å². The van der Waals surface area contributed by atoms with Crippen molar-refractivity contribution in [3.8, 4) is 22.3 Å². The van der Waals surface area contributed by atoms with Crippen molar-refractivity contribution < 1.29 is 18.0 Å². The number of benzene rings is 1. The zero-order valence-electron chi connectivity index (χ0n) is 19.5. The van der Waals surface area contributed by atoms with E-state index in [1.54, 1.807) is 36.1 Å². The minimum absolute atomic E-state index is 0.280. The lowest BCUT2D eigenvalue weighted by molar-refractivity contribution is -0.0674. The van der Waals surface area contributed by atoms with Crippen molar-refractivity contribution in [2.75, 3.05) is 0 Å². The maximum Gasteiger partial charge on any atom is 0.269 e. The number of alkyl halides is 2. The average molecular weight is 501 g/mol. The molecule has 1 aliphatic carbocycles. The van der Waals surface area contributed by atoms with Crippen LogP contribution < -0.4 is 11.1 Å². The number of amides is 1. The molecular weight excluding hydrogens is 473 g/mol. The van der Waals surface area contributed by atoms with Gasteiger partial charge in [-0.05, 0) is 54.7 Å². The number of nitrogens with zero attached hydrogens (tertiary/aromatic N) is 2. The van der Waals surface area contributed by atoms with E-state index in [-0.39, 0.29) is 12.2 Å². The van der Waals surface area contributed by atoms with E-state index < -0.39 is 23.9 Å². The Kier molecular flexibility index (Phi) is 7.28. The van der Waals surface area contributed by atoms with Gasteiger partial charge in [0.2, 0.25) is 0 Å². The average Bonchev–Trinajstić information content (AvgIpc) is 3.22. The van der Waals surface area contributed by atoms with Crippen LogP contribution in [0.3, 0.4) is 0 Å². The molecule has 0 saturated heterocycles. The summed E-state index contributed by atoms with van der Waals surface area (Å²) in [5.41, 5.74) is 9.12. The summed E-state index contributed by atoms with van der Waals surface area (Å²) in [6.07, 6.45) is 4.01. The number of halogens is 3. The second kappa shape index (κ2) is 10.2. The van der Waals surface area contributed by atoms with Gasteiger partial charge < -0.3 is 11.1 Å². The smallest absolute Gasteiger partial charge is 0.269 e. The molecule has 1 amide bonds. The monoisotopic (exact) mass is 500 g/mol. The number of aryl methyl sites for hydroxylation is 2. The third kappa shape index (κ3) is 5.74. The molecular formula is C26H27F3N4OS. The van der Waals surface area contributed by atoms with Gasteiger partial charge in [-0.25, -0.2) is 13.2 Å². The zero-order chi connectivity index (χ0) is 25.2. The molecule has 2 aromatic heterocycles. The van der Waals surface area contributed by atoms with Gasteiger partial charge in [-0.15, -0.1) is 11.3 Å². The van der Waals surface area contributed by atoms with Gasteiger partial charge in [0.1, 0.15) is 11.9 Å². The quantitative estimate of drug-likeness (QED) is 0.488. The summed E-state index contributed by atoms with van der Waals surface area (Å²) in [7, 11) is 1.78. The minimum atomic E-state index is -3.03. The molecule has 1 aliphatic rings. The first-order chi connectivity index (χ1) is 16.6. The molecule has 3 N–H and O–H groups in total. The fourth-order valence-corrected chi connectivity index (χ4v) is 5.16. The summed E-state index contributed by atoms with van der Waals surface area (Å²) in [5, 5.41) is 6.92. The Labute approximate surface area is 206 Å². The predicted octanol–water partition coefficient (Wildman–Crippen LogP) is 5.63. The highest BCUT2D eigenvalue weighted by Crippen LogP contribution is 2.34. The second-order valence-electron chi connectivity index (χ2n) is 8.74. The van der Waals surface area contributed by atoms with Gasteiger partial charge in [0, 0.05) is 36.1 Å². The van der Waals surface area contributed by atoms with Crippen LogP contribution in [0.5, 0.6) is 0 Å². The van der Waals surface area contributed by atoms with Crippen LogP contribution in [-0.2, 0) is 7.05 Å². The maximum atomic E-state index is 14.3. The number of hydrogen-bond donors (Lipinski definition) is 2. The summed E-state index contributed by atoms with van der Waals surface area (Å²) in [6.45, 7) is 1.87. The van der Waals surface area contributed by atoms with Crippen molar-refractivity contribution in [2.24, 2.45) is 12.8 Å². The SMILES string of the molecule is Cc1sc(C(=O)NC2C(N)CCCC2(F)F)cc1-c1cccc(-c2ccc(F)cc2)cn(C)nc1. The van der Waals surface area contributed by atoms with Crippen molar-refractivity contribution in [1.82, 2.24) is 15.1 Å². The Balaban J connectivity index is 1.63. The van der Waals surface area contributed by atoms with Crippen LogP contribution in [0.1, 0.15) is 33.8 Å². The summed E-state index contributed by atoms with van der Waals surface area (Å²) < 4.78 is 43.7. The fourth-order valence-electron chi connectivity index (χ4n) is 4.22. The molecule has 0 radical (unpaired) electrons. The third-order valence-corrected chi connectivity index (χ3v) is 7.15. The summed E-state index contributed by atoms with van der Waals surface area (Å²) in [6, 6.07) is 11.3. The minimum Gasteiger partial charge on any atom is -0.341 e. The molecule has 2 atom stereocenters. The maximum absolute atomic E-state index is 14.3. The number of aromatic nitrogens is 2. The van der Waals surface area contributed by atoms with Gasteiger partial charge in [-0.3, -0.25) is 9.48 Å². The number of thiophene rings is 1. The summed E-state index contributed by atoms with van der Waals surface area (Å²) in [4.78, 5) is 14.0. The molecule has 1 saturated carbocycles. The van der Waals surface area contributed by atoms with Gasteiger partial charge in [0.15, 0.2) is 0 Å². The third-order valence-electron chi connectivity index (χ3n) is 6.10. The molecule has 9 heteroatoms. The number of carbonyl (C=O) groups excluding carboxylic acids is 1. The molecule has 5 nitrogen and oxygen atoms in total. The molecule has 0 aliphatic heterocycles. The standard InChI is InChI=1S/C26H27F3N4OS/c1-16-21(13-23(35-16)25(34)32-24-22(30)7-4-12-26(24,28)29)18-5-3-6-19(15-33(2)31-14-18)17-8-10-20(27)11-9-17/h3,5-6,8-11,13-15,22,24H,4,7,12,30H2,1-2H3,(H,32,34). The molecule has 35 heavy (non-hydrogen) atoms. The highest BCUT2D eigenvalue weighted by atomic mass is 32.1. The first-order valence-electron chi connectivity index (χ1n) is 11.3. The van der Waals surface area contributed by atoms with Gasteiger partial charge in [0.05, 0.1) is 11.1 Å². The van der Waals surface area contributed by atoms with Crippen molar-refractivity contribution in [3.05, 3.63) is 76.5 Å². The first-order valence-corrected chi connectivity index (χ1v) is 12.1. The van der Waals surface area contributed by atoms with Crippen LogP contribution in [0, 0.1) is 12.7 Å². The topological polar surface area (TPSA) is 72.9 Å². The van der Waals surface area contributed by atoms with E-state index in [9.17, 15) is 18.0 Å². The molecule has 4 rings (SSSR count). The lowest BCUT2D eigenvalue weighted by Gasteiger charge is -2.36. The van der Waals surface area contributed by atoms with Crippen LogP contribution in [0.2, 0.25) is 0 Å². The van der Waals surface area contributed by atoms with Crippen molar-refractivity contribution in [2.45, 2.75) is 44.2 Å². The van der Waals surface area contributed by atoms with E-state index in [4.69, 9.17) is 5.73 Å². The van der Waals surface area contributed by atoms with E-state index >= 15 is 0 Å². The van der Waals surface area contributed by atoms with Gasteiger partial charge in [0.25, 0.3) is 11.8 Å². The molecule has 0 bridgehead atoms. The zero-order valence-corrected chi connectivity index (χ0v) is 20.3. The Hall–Kier alpha value is -3.17. The molecule has 2 heterocycles. The summed E-state index contributed by atoms with van der Waals surface area (Å²) >= 11 is 1.24. The van der Waals surface area contributed by atoms with E-state index in [1.807, 2.05) is 31.3 Å². The number of carbonyl (C=O) groups is 1. The number of rotatable bonds is 4. The van der Waals surface area contributed by atoms with Gasteiger partial charge >= 0.3 is 0 Å². The Morgan fingerprint density at radius 2 is 1.89 bits per heavy atom. The molecule has 0 spiro atoms.